The van der Waals surface area contributed by atoms with E-state index in [1.807, 2.05) is 0 Å². The molecular weight excluding hydrogens is 216 g/mol. The second-order valence-electron chi connectivity index (χ2n) is 5.12. The van der Waals surface area contributed by atoms with Crippen LogP contribution in [0, 0.1) is 0 Å². The molecule has 2 aliphatic rings. The molecule has 1 saturated heterocycles. The van der Waals surface area contributed by atoms with Crippen LogP contribution in [0.4, 0.5) is 0 Å². The lowest BCUT2D eigenvalue weighted by Gasteiger charge is -2.33. The minimum atomic E-state index is 0.0416. The zero-order valence-corrected chi connectivity index (χ0v) is 10.6. The van der Waals surface area contributed by atoms with E-state index in [4.69, 9.17) is 0 Å². The molecule has 17 heavy (non-hydrogen) atoms. The predicted octanol–water partition coefficient (Wildman–Crippen LogP) is 1.45. The number of nitrogens with one attached hydrogen (secondary N) is 1. The Morgan fingerprint density at radius 3 is 2.24 bits per heavy atom. The minimum absolute atomic E-state index is 0.0416. The molecule has 2 rings (SSSR count). The van der Waals surface area contributed by atoms with E-state index in [0.29, 0.717) is 18.9 Å². The number of carbonyl (C=O) groups is 2. The Morgan fingerprint density at radius 2 is 1.71 bits per heavy atom. The van der Waals surface area contributed by atoms with Crippen LogP contribution in [-0.4, -0.2) is 35.3 Å². The van der Waals surface area contributed by atoms with Crippen molar-refractivity contribution in [3.63, 3.8) is 0 Å². The highest BCUT2D eigenvalue weighted by Gasteiger charge is 2.36. The molecule has 1 aliphatic carbocycles. The molecule has 1 saturated carbocycles. The van der Waals surface area contributed by atoms with Crippen LogP contribution in [0.25, 0.3) is 0 Å². The summed E-state index contributed by atoms with van der Waals surface area (Å²) < 4.78 is 0. The zero-order chi connectivity index (χ0) is 12.3. The maximum Gasteiger partial charge on any atom is 0.229 e. The fourth-order valence-corrected chi connectivity index (χ4v) is 2.89. The lowest BCUT2D eigenvalue weighted by Crippen LogP contribution is -2.44. The first kappa shape index (κ1) is 12.6. The van der Waals surface area contributed by atoms with Gasteiger partial charge in [-0.3, -0.25) is 14.5 Å². The van der Waals surface area contributed by atoms with Gasteiger partial charge in [0.15, 0.2) is 0 Å². The first-order valence-corrected chi connectivity index (χ1v) is 6.80. The highest BCUT2D eigenvalue weighted by molar-refractivity contribution is 6.02. The maximum absolute atomic E-state index is 11.6. The number of rotatable bonds is 4. The number of imide groups is 1. The molecule has 4 heteroatoms. The van der Waals surface area contributed by atoms with E-state index in [1.165, 1.54) is 4.90 Å². The number of hydrogen-bond acceptors (Lipinski definition) is 3. The summed E-state index contributed by atoms with van der Waals surface area (Å²) in [6.07, 6.45) is 6.11. The van der Waals surface area contributed by atoms with Crippen LogP contribution in [0.3, 0.4) is 0 Å². The summed E-state index contributed by atoms with van der Waals surface area (Å²) in [5, 5.41) is 3.52. The Labute approximate surface area is 103 Å². The lowest BCUT2D eigenvalue weighted by molar-refractivity contribution is -0.141. The summed E-state index contributed by atoms with van der Waals surface area (Å²) in [6.45, 7) is 3.23. The van der Waals surface area contributed by atoms with E-state index in [0.717, 1.165) is 38.6 Å². The molecule has 1 heterocycles. The van der Waals surface area contributed by atoms with Crippen molar-refractivity contribution in [3.05, 3.63) is 0 Å². The van der Waals surface area contributed by atoms with E-state index in [-0.39, 0.29) is 17.9 Å². The summed E-state index contributed by atoms with van der Waals surface area (Å²) in [7, 11) is 0. The number of nitrogens with zero attached hydrogens (tertiary/aromatic N) is 1. The third-order valence-corrected chi connectivity index (χ3v) is 3.83. The van der Waals surface area contributed by atoms with Crippen molar-refractivity contribution in [3.8, 4) is 0 Å². The van der Waals surface area contributed by atoms with E-state index in [1.54, 1.807) is 0 Å². The molecule has 4 nitrogen and oxygen atoms in total. The van der Waals surface area contributed by atoms with Crippen molar-refractivity contribution in [1.29, 1.82) is 0 Å². The summed E-state index contributed by atoms with van der Waals surface area (Å²) in [5.74, 6) is 0.0833. The molecule has 1 aliphatic heterocycles. The van der Waals surface area contributed by atoms with Gasteiger partial charge in [0.05, 0.1) is 0 Å². The maximum atomic E-state index is 11.6. The van der Waals surface area contributed by atoms with Crippen LogP contribution in [0.2, 0.25) is 0 Å². The van der Waals surface area contributed by atoms with Gasteiger partial charge >= 0.3 is 0 Å². The van der Waals surface area contributed by atoms with Gasteiger partial charge in [-0.25, -0.2) is 0 Å². The van der Waals surface area contributed by atoms with Crippen molar-refractivity contribution >= 4 is 11.8 Å². The molecule has 0 aromatic rings. The van der Waals surface area contributed by atoms with Gasteiger partial charge < -0.3 is 5.32 Å². The number of hydrogen-bond donors (Lipinski definition) is 1. The van der Waals surface area contributed by atoms with Crippen molar-refractivity contribution in [2.45, 2.75) is 64.0 Å². The van der Waals surface area contributed by atoms with E-state index < -0.39 is 0 Å². The second kappa shape index (κ2) is 5.63. The zero-order valence-electron chi connectivity index (χ0n) is 10.6. The Balaban J connectivity index is 1.82. The fraction of sp³-hybridized carbons (Fsp3) is 0.846. The Hall–Kier alpha value is -0.900. The summed E-state index contributed by atoms with van der Waals surface area (Å²) >= 11 is 0. The van der Waals surface area contributed by atoms with E-state index >= 15 is 0 Å². The van der Waals surface area contributed by atoms with Crippen LogP contribution in [-0.2, 0) is 9.59 Å². The molecule has 0 bridgehead atoms. The predicted molar refractivity (Wildman–Crippen MR) is 65.4 cm³/mol. The van der Waals surface area contributed by atoms with Crippen LogP contribution < -0.4 is 5.32 Å². The van der Waals surface area contributed by atoms with Crippen molar-refractivity contribution in [1.82, 2.24) is 10.2 Å². The number of likely N-dealkylation sites (tertiary alicyclic amines) is 1. The molecule has 2 fully saturated rings. The highest BCUT2D eigenvalue weighted by Crippen LogP contribution is 2.27. The average Bonchev–Trinajstić information content (AvgIpc) is 2.67. The fourth-order valence-electron chi connectivity index (χ4n) is 2.89. The van der Waals surface area contributed by atoms with Gasteiger partial charge in [-0.2, -0.15) is 0 Å². The normalized spacial score (nSPS) is 30.1. The molecule has 0 unspecified atom stereocenters. The molecular formula is C13H22N2O2. The van der Waals surface area contributed by atoms with Gasteiger partial charge in [0.2, 0.25) is 11.8 Å². The molecule has 1 N–H and O–H groups in total. The SMILES string of the molecule is CCCNC1CCC(N2C(=O)CCC2=O)CC1. The van der Waals surface area contributed by atoms with Gasteiger partial charge in [-0.1, -0.05) is 6.92 Å². The summed E-state index contributed by atoms with van der Waals surface area (Å²) in [4.78, 5) is 24.8. The first-order valence-electron chi connectivity index (χ1n) is 6.80. The quantitative estimate of drug-likeness (QED) is 0.754. The minimum Gasteiger partial charge on any atom is -0.314 e. The average molecular weight is 238 g/mol. The monoisotopic (exact) mass is 238 g/mol. The van der Waals surface area contributed by atoms with Crippen molar-refractivity contribution in [2.75, 3.05) is 6.54 Å². The summed E-state index contributed by atoms with van der Waals surface area (Å²) in [5.41, 5.74) is 0. The van der Waals surface area contributed by atoms with Crippen molar-refractivity contribution < 1.29 is 9.59 Å². The lowest BCUT2D eigenvalue weighted by atomic mass is 9.90. The molecule has 2 amide bonds. The third-order valence-electron chi connectivity index (χ3n) is 3.83. The Morgan fingerprint density at radius 1 is 1.12 bits per heavy atom. The molecule has 0 spiro atoms. The van der Waals surface area contributed by atoms with Gasteiger partial charge in [-0.05, 0) is 38.6 Å². The Kier molecular flexibility index (Phi) is 4.15. The molecule has 0 radical (unpaired) electrons. The van der Waals surface area contributed by atoms with Crippen LogP contribution in [0.5, 0.6) is 0 Å². The standard InChI is InChI=1S/C13H22N2O2/c1-2-9-14-10-3-5-11(6-4-10)15-12(16)7-8-13(15)17/h10-11,14H,2-9H2,1H3. The smallest absolute Gasteiger partial charge is 0.229 e. The van der Waals surface area contributed by atoms with Gasteiger partial charge in [0.1, 0.15) is 0 Å². The molecule has 0 atom stereocenters. The highest BCUT2D eigenvalue weighted by atomic mass is 16.2. The molecule has 0 aromatic carbocycles. The third kappa shape index (κ3) is 2.86. The first-order chi connectivity index (χ1) is 8.22. The molecule has 0 aromatic heterocycles. The number of amides is 2. The van der Waals surface area contributed by atoms with E-state index in [2.05, 4.69) is 12.2 Å². The van der Waals surface area contributed by atoms with Gasteiger partial charge in [0, 0.05) is 24.9 Å². The van der Waals surface area contributed by atoms with Crippen LogP contribution >= 0.6 is 0 Å². The van der Waals surface area contributed by atoms with Gasteiger partial charge in [0.25, 0.3) is 0 Å². The van der Waals surface area contributed by atoms with Crippen molar-refractivity contribution in [2.24, 2.45) is 0 Å². The molecule has 96 valence electrons. The second-order valence-corrected chi connectivity index (χ2v) is 5.12. The number of carbonyl (C=O) groups excluding carboxylic acids is 2. The van der Waals surface area contributed by atoms with Crippen LogP contribution in [0.15, 0.2) is 0 Å². The largest absolute Gasteiger partial charge is 0.314 e. The van der Waals surface area contributed by atoms with E-state index in [9.17, 15) is 9.59 Å². The van der Waals surface area contributed by atoms with Gasteiger partial charge in [-0.15, -0.1) is 0 Å². The van der Waals surface area contributed by atoms with Crippen LogP contribution in [0.1, 0.15) is 51.9 Å². The Bertz CT molecular complexity index is 280. The summed E-state index contributed by atoms with van der Waals surface area (Å²) in [6, 6.07) is 0.760. The topological polar surface area (TPSA) is 49.4 Å².